The van der Waals surface area contributed by atoms with Gasteiger partial charge in [-0.25, -0.2) is 8.42 Å². The second-order valence-electron chi connectivity index (χ2n) is 6.43. The van der Waals surface area contributed by atoms with Crippen LogP contribution in [0.25, 0.3) is 0 Å². The molecule has 0 atom stereocenters. The molecule has 0 aromatic heterocycles. The molecule has 138 valence electrons. The number of anilines is 1. The highest BCUT2D eigenvalue weighted by Crippen LogP contribution is 2.27. The first-order valence-corrected chi connectivity index (χ1v) is 10.3. The van der Waals surface area contributed by atoms with Gasteiger partial charge in [-0.1, -0.05) is 11.6 Å². The predicted octanol–water partition coefficient (Wildman–Crippen LogP) is 3.71. The van der Waals surface area contributed by atoms with Gasteiger partial charge in [0.05, 0.1) is 10.6 Å². The van der Waals surface area contributed by atoms with Crippen LogP contribution in [-0.2, 0) is 10.0 Å². The van der Waals surface area contributed by atoms with Gasteiger partial charge in [0.2, 0.25) is 0 Å². The van der Waals surface area contributed by atoms with Gasteiger partial charge < -0.3 is 4.90 Å². The first-order valence-electron chi connectivity index (χ1n) is 8.45. The Morgan fingerprint density at radius 2 is 1.69 bits per heavy atom. The summed E-state index contributed by atoms with van der Waals surface area (Å²) in [5.74, 6) is 0.000335. The summed E-state index contributed by atoms with van der Waals surface area (Å²) in [6.07, 6.45) is 2.07. The summed E-state index contributed by atoms with van der Waals surface area (Å²) in [4.78, 5) is 14.5. The van der Waals surface area contributed by atoms with Crippen molar-refractivity contribution >= 4 is 33.2 Å². The summed E-state index contributed by atoms with van der Waals surface area (Å²) in [5.41, 5.74) is 1.86. The van der Waals surface area contributed by atoms with E-state index in [0.717, 1.165) is 31.5 Å². The minimum atomic E-state index is -3.70. The summed E-state index contributed by atoms with van der Waals surface area (Å²) in [6.45, 7) is 3.37. The van der Waals surface area contributed by atoms with Crippen molar-refractivity contribution in [3.63, 3.8) is 0 Å². The van der Waals surface area contributed by atoms with E-state index < -0.39 is 10.0 Å². The van der Waals surface area contributed by atoms with Crippen LogP contribution in [0.2, 0.25) is 5.02 Å². The van der Waals surface area contributed by atoms with Crippen LogP contribution in [-0.4, -0.2) is 39.4 Å². The molecule has 0 N–H and O–H groups in total. The quantitative estimate of drug-likeness (QED) is 0.796. The van der Waals surface area contributed by atoms with Crippen molar-refractivity contribution in [2.75, 3.05) is 24.4 Å². The summed E-state index contributed by atoms with van der Waals surface area (Å²) in [7, 11) is -2.19. The third-order valence-electron chi connectivity index (χ3n) is 4.65. The van der Waals surface area contributed by atoms with E-state index in [1.807, 2.05) is 11.8 Å². The Morgan fingerprint density at radius 1 is 1.08 bits per heavy atom. The van der Waals surface area contributed by atoms with Crippen LogP contribution in [0.4, 0.5) is 5.69 Å². The molecular weight excluding hydrogens is 372 g/mol. The van der Waals surface area contributed by atoms with Gasteiger partial charge in [-0.3, -0.25) is 9.10 Å². The van der Waals surface area contributed by atoms with Gasteiger partial charge in [0.1, 0.15) is 0 Å². The fourth-order valence-corrected chi connectivity index (χ4v) is 4.52. The highest BCUT2D eigenvalue weighted by molar-refractivity contribution is 7.92. The van der Waals surface area contributed by atoms with E-state index in [-0.39, 0.29) is 10.8 Å². The standard InChI is InChI=1S/C19H21ClN2O3S/c1-14-13-15(19(23)22-11-3-4-12-22)5-10-18(14)21(2)26(24,25)17-8-6-16(20)7-9-17/h5-10,13H,3-4,11-12H2,1-2H3. The molecule has 0 saturated carbocycles. The third-order valence-corrected chi connectivity index (χ3v) is 6.69. The van der Waals surface area contributed by atoms with Crippen molar-refractivity contribution in [1.82, 2.24) is 4.90 Å². The number of carbonyl (C=O) groups is 1. The maximum absolute atomic E-state index is 12.8. The average molecular weight is 393 g/mol. The van der Waals surface area contributed by atoms with Crippen LogP contribution >= 0.6 is 11.6 Å². The number of carbonyl (C=O) groups excluding carboxylic acids is 1. The Labute approximate surface area is 159 Å². The van der Waals surface area contributed by atoms with E-state index >= 15 is 0 Å². The monoisotopic (exact) mass is 392 g/mol. The topological polar surface area (TPSA) is 57.7 Å². The molecule has 2 aromatic rings. The SMILES string of the molecule is Cc1cc(C(=O)N2CCCC2)ccc1N(C)S(=O)(=O)c1ccc(Cl)cc1. The number of benzene rings is 2. The van der Waals surface area contributed by atoms with Crippen molar-refractivity contribution in [3.8, 4) is 0 Å². The summed E-state index contributed by atoms with van der Waals surface area (Å²) >= 11 is 5.84. The molecule has 0 unspecified atom stereocenters. The van der Waals surface area contributed by atoms with Crippen molar-refractivity contribution in [2.24, 2.45) is 0 Å². The number of likely N-dealkylation sites (tertiary alicyclic amines) is 1. The molecule has 0 radical (unpaired) electrons. The van der Waals surface area contributed by atoms with Crippen LogP contribution in [0.15, 0.2) is 47.4 Å². The molecule has 26 heavy (non-hydrogen) atoms. The first kappa shape index (κ1) is 18.7. The van der Waals surface area contributed by atoms with E-state index in [9.17, 15) is 13.2 Å². The zero-order valence-electron chi connectivity index (χ0n) is 14.8. The maximum Gasteiger partial charge on any atom is 0.264 e. The zero-order chi connectivity index (χ0) is 18.9. The van der Waals surface area contributed by atoms with Crippen LogP contribution in [0.1, 0.15) is 28.8 Å². The maximum atomic E-state index is 12.8. The molecule has 3 rings (SSSR count). The molecule has 1 amide bonds. The smallest absolute Gasteiger partial charge is 0.264 e. The Kier molecular flexibility index (Phi) is 5.25. The van der Waals surface area contributed by atoms with Gasteiger partial charge in [0, 0.05) is 30.7 Å². The molecule has 0 aliphatic carbocycles. The normalized spacial score (nSPS) is 14.5. The molecule has 7 heteroatoms. The van der Waals surface area contributed by atoms with Crippen LogP contribution < -0.4 is 4.31 Å². The lowest BCUT2D eigenvalue weighted by Crippen LogP contribution is -2.29. The minimum Gasteiger partial charge on any atom is -0.339 e. The summed E-state index contributed by atoms with van der Waals surface area (Å²) in [6, 6.07) is 11.2. The highest BCUT2D eigenvalue weighted by atomic mass is 35.5. The number of amides is 1. The van der Waals surface area contributed by atoms with E-state index in [1.165, 1.54) is 23.5 Å². The number of rotatable bonds is 4. The largest absolute Gasteiger partial charge is 0.339 e. The van der Waals surface area contributed by atoms with Gasteiger partial charge in [-0.2, -0.15) is 0 Å². The van der Waals surface area contributed by atoms with E-state index in [0.29, 0.717) is 16.3 Å². The molecule has 1 saturated heterocycles. The van der Waals surface area contributed by atoms with Gasteiger partial charge in [0.25, 0.3) is 15.9 Å². The Balaban J connectivity index is 1.88. The summed E-state index contributed by atoms with van der Waals surface area (Å²) < 4.78 is 26.9. The van der Waals surface area contributed by atoms with Crippen molar-refractivity contribution in [2.45, 2.75) is 24.7 Å². The Hall–Kier alpha value is -2.05. The number of sulfonamides is 1. The lowest BCUT2D eigenvalue weighted by atomic mass is 10.1. The minimum absolute atomic E-state index is 0.000335. The summed E-state index contributed by atoms with van der Waals surface area (Å²) in [5, 5.41) is 0.479. The molecule has 5 nitrogen and oxygen atoms in total. The molecule has 0 spiro atoms. The van der Waals surface area contributed by atoms with Gasteiger partial charge >= 0.3 is 0 Å². The molecule has 1 heterocycles. The lowest BCUT2D eigenvalue weighted by molar-refractivity contribution is 0.0792. The second-order valence-corrected chi connectivity index (χ2v) is 8.83. The second kappa shape index (κ2) is 7.29. The predicted molar refractivity (Wildman–Crippen MR) is 103 cm³/mol. The third kappa shape index (κ3) is 3.57. The molecule has 0 bridgehead atoms. The number of hydrogen-bond donors (Lipinski definition) is 0. The van der Waals surface area contributed by atoms with E-state index in [4.69, 9.17) is 11.6 Å². The van der Waals surface area contributed by atoms with E-state index in [1.54, 1.807) is 30.3 Å². The van der Waals surface area contributed by atoms with Gasteiger partial charge in [-0.05, 0) is 67.8 Å². The van der Waals surface area contributed by atoms with Crippen molar-refractivity contribution in [3.05, 3.63) is 58.6 Å². The van der Waals surface area contributed by atoms with Crippen LogP contribution in [0, 0.1) is 6.92 Å². The van der Waals surface area contributed by atoms with Crippen molar-refractivity contribution in [1.29, 1.82) is 0 Å². The lowest BCUT2D eigenvalue weighted by Gasteiger charge is -2.22. The Bertz CT molecular complexity index is 920. The van der Waals surface area contributed by atoms with Gasteiger partial charge in [0.15, 0.2) is 0 Å². The number of hydrogen-bond acceptors (Lipinski definition) is 3. The van der Waals surface area contributed by atoms with E-state index in [2.05, 4.69) is 0 Å². The highest BCUT2D eigenvalue weighted by Gasteiger charge is 2.24. The average Bonchev–Trinajstić information content (AvgIpc) is 3.15. The number of aryl methyl sites for hydroxylation is 1. The van der Waals surface area contributed by atoms with Crippen LogP contribution in [0.3, 0.4) is 0 Å². The first-order chi connectivity index (χ1) is 12.3. The van der Waals surface area contributed by atoms with Gasteiger partial charge in [-0.15, -0.1) is 0 Å². The Morgan fingerprint density at radius 3 is 2.27 bits per heavy atom. The van der Waals surface area contributed by atoms with Crippen LogP contribution in [0.5, 0.6) is 0 Å². The number of nitrogens with zero attached hydrogens (tertiary/aromatic N) is 2. The fraction of sp³-hybridized carbons (Fsp3) is 0.316. The zero-order valence-corrected chi connectivity index (χ0v) is 16.3. The molecule has 1 aliphatic heterocycles. The number of halogens is 1. The molecule has 2 aromatic carbocycles. The molecule has 1 fully saturated rings. The van der Waals surface area contributed by atoms with Crippen molar-refractivity contribution < 1.29 is 13.2 Å². The molecule has 1 aliphatic rings. The molecular formula is C19H21ClN2O3S. The fourth-order valence-electron chi connectivity index (χ4n) is 3.14.